The number of hydrogen-bond acceptors (Lipinski definition) is 2. The van der Waals surface area contributed by atoms with Gasteiger partial charge >= 0.3 is 0 Å². The molecule has 0 saturated carbocycles. The van der Waals surface area contributed by atoms with E-state index in [1.165, 1.54) is 11.1 Å². The first-order chi connectivity index (χ1) is 11.9. The molecule has 0 radical (unpaired) electrons. The molecule has 1 atom stereocenters. The maximum Gasteiger partial charge on any atom is 0.238 e. The number of carbonyl (C=O) groups excluding carboxylic acids is 1. The van der Waals surface area contributed by atoms with E-state index in [0.29, 0.717) is 21.7 Å². The largest absolute Gasteiger partial charge is 0.322 e. The molecule has 0 spiro atoms. The number of amides is 1. The zero-order chi connectivity index (χ0) is 18.4. The summed E-state index contributed by atoms with van der Waals surface area (Å²) in [6.07, 6.45) is 1.01. The van der Waals surface area contributed by atoms with Gasteiger partial charge in [-0.25, -0.2) is 0 Å². The molecule has 2 rings (SSSR count). The topological polar surface area (TPSA) is 41.1 Å². The highest BCUT2D eigenvalue weighted by Crippen LogP contribution is 2.29. The Hall–Kier alpha value is -1.55. The maximum atomic E-state index is 12.3. The van der Waals surface area contributed by atoms with Gasteiger partial charge in [-0.15, -0.1) is 0 Å². The molecule has 0 aliphatic heterocycles. The molecule has 134 valence electrons. The third-order valence-electron chi connectivity index (χ3n) is 4.12. The highest BCUT2D eigenvalue weighted by Gasteiger charge is 2.17. The Kier molecular flexibility index (Phi) is 7.30. The molecule has 0 aromatic heterocycles. The first-order valence-corrected chi connectivity index (χ1v) is 9.24. The molecule has 3 nitrogen and oxygen atoms in total. The average Bonchev–Trinajstić information content (AvgIpc) is 2.59. The number of carbonyl (C=O) groups is 1. The predicted octanol–water partition coefficient (Wildman–Crippen LogP) is 5.48. The minimum Gasteiger partial charge on any atom is -0.322 e. The number of hydrogen-bond donors (Lipinski definition) is 2. The lowest BCUT2D eigenvalue weighted by Gasteiger charge is -2.23. The summed E-state index contributed by atoms with van der Waals surface area (Å²) in [7, 11) is 0. The van der Waals surface area contributed by atoms with Crippen molar-refractivity contribution in [3.63, 3.8) is 0 Å². The molecule has 0 bridgehead atoms. The van der Waals surface area contributed by atoms with Crippen LogP contribution in [-0.2, 0) is 11.2 Å². The Morgan fingerprint density at radius 3 is 2.16 bits per heavy atom. The highest BCUT2D eigenvalue weighted by atomic mass is 35.5. The Bertz CT molecular complexity index is 694. The van der Waals surface area contributed by atoms with Crippen molar-refractivity contribution in [2.24, 2.45) is 5.92 Å². The van der Waals surface area contributed by atoms with Crippen LogP contribution in [0.2, 0.25) is 10.0 Å². The third kappa shape index (κ3) is 5.46. The summed E-state index contributed by atoms with van der Waals surface area (Å²) in [4.78, 5) is 12.3. The fraction of sp³-hybridized carbons (Fsp3) is 0.350. The summed E-state index contributed by atoms with van der Waals surface area (Å²) in [5.74, 6) is 0.176. The van der Waals surface area contributed by atoms with E-state index in [2.05, 4.69) is 55.7 Å². The van der Waals surface area contributed by atoms with Crippen molar-refractivity contribution in [3.05, 3.63) is 63.6 Å². The van der Waals surface area contributed by atoms with Gasteiger partial charge in [0.05, 0.1) is 22.3 Å². The smallest absolute Gasteiger partial charge is 0.238 e. The van der Waals surface area contributed by atoms with E-state index in [-0.39, 0.29) is 18.5 Å². The molecule has 0 heterocycles. The first-order valence-electron chi connectivity index (χ1n) is 8.48. The van der Waals surface area contributed by atoms with Crippen molar-refractivity contribution >= 4 is 34.8 Å². The van der Waals surface area contributed by atoms with Gasteiger partial charge in [0.2, 0.25) is 5.91 Å². The molecule has 1 amide bonds. The lowest BCUT2D eigenvalue weighted by Crippen LogP contribution is -2.33. The summed E-state index contributed by atoms with van der Waals surface area (Å²) in [6.45, 7) is 6.58. The fourth-order valence-electron chi connectivity index (χ4n) is 2.70. The number of aryl methyl sites for hydroxylation is 1. The maximum absolute atomic E-state index is 12.3. The summed E-state index contributed by atoms with van der Waals surface area (Å²) >= 11 is 12.2. The van der Waals surface area contributed by atoms with Gasteiger partial charge in [-0.2, -0.15) is 0 Å². The van der Waals surface area contributed by atoms with Crippen LogP contribution in [0.5, 0.6) is 0 Å². The fourth-order valence-corrected chi connectivity index (χ4v) is 3.19. The number of halogens is 2. The molecular formula is C20H24Cl2N2O. The second-order valence-corrected chi connectivity index (χ2v) is 7.16. The van der Waals surface area contributed by atoms with Crippen LogP contribution in [0, 0.1) is 5.92 Å². The Morgan fingerprint density at radius 2 is 1.64 bits per heavy atom. The number of para-hydroxylation sites is 1. The normalized spacial score (nSPS) is 12.2. The van der Waals surface area contributed by atoms with Crippen LogP contribution >= 0.6 is 23.2 Å². The van der Waals surface area contributed by atoms with Crippen molar-refractivity contribution in [3.8, 4) is 0 Å². The SMILES string of the molecule is CCc1ccc([C@@H](NCC(=O)Nc2c(Cl)cccc2Cl)C(C)C)cc1. The zero-order valence-corrected chi connectivity index (χ0v) is 16.3. The van der Waals surface area contributed by atoms with Gasteiger partial charge in [-0.3, -0.25) is 4.79 Å². The number of anilines is 1. The van der Waals surface area contributed by atoms with Crippen LogP contribution in [0.1, 0.15) is 37.9 Å². The lowest BCUT2D eigenvalue weighted by molar-refractivity contribution is -0.115. The molecule has 25 heavy (non-hydrogen) atoms. The average molecular weight is 379 g/mol. The van der Waals surface area contributed by atoms with Crippen LogP contribution < -0.4 is 10.6 Å². The summed E-state index contributed by atoms with van der Waals surface area (Å²) in [5.41, 5.74) is 2.93. The van der Waals surface area contributed by atoms with E-state index in [4.69, 9.17) is 23.2 Å². The zero-order valence-electron chi connectivity index (χ0n) is 14.8. The van der Waals surface area contributed by atoms with Gasteiger partial charge < -0.3 is 10.6 Å². The molecule has 0 aliphatic carbocycles. The molecule has 2 aromatic carbocycles. The molecule has 0 aliphatic rings. The number of nitrogens with one attached hydrogen (secondary N) is 2. The monoisotopic (exact) mass is 378 g/mol. The summed E-state index contributed by atoms with van der Waals surface area (Å²) < 4.78 is 0. The second kappa shape index (κ2) is 9.23. The van der Waals surface area contributed by atoms with E-state index in [1.807, 2.05) is 0 Å². The molecule has 5 heteroatoms. The predicted molar refractivity (Wildman–Crippen MR) is 106 cm³/mol. The van der Waals surface area contributed by atoms with E-state index in [0.717, 1.165) is 6.42 Å². The third-order valence-corrected chi connectivity index (χ3v) is 4.75. The second-order valence-electron chi connectivity index (χ2n) is 6.34. The van der Waals surface area contributed by atoms with Crippen molar-refractivity contribution in [2.75, 3.05) is 11.9 Å². The van der Waals surface area contributed by atoms with Crippen LogP contribution in [0.4, 0.5) is 5.69 Å². The van der Waals surface area contributed by atoms with E-state index >= 15 is 0 Å². The summed E-state index contributed by atoms with van der Waals surface area (Å²) in [6, 6.07) is 13.8. The van der Waals surface area contributed by atoms with E-state index < -0.39 is 0 Å². The molecule has 2 aromatic rings. The Labute approximate surface area is 159 Å². The van der Waals surface area contributed by atoms with Gasteiger partial charge in [-0.1, -0.05) is 74.3 Å². The quantitative estimate of drug-likeness (QED) is 0.669. The minimum absolute atomic E-state index is 0.0957. The molecule has 0 saturated heterocycles. The van der Waals surface area contributed by atoms with Crippen molar-refractivity contribution in [1.29, 1.82) is 0 Å². The van der Waals surface area contributed by atoms with Crippen LogP contribution in [0.15, 0.2) is 42.5 Å². The lowest BCUT2D eigenvalue weighted by atomic mass is 9.95. The standard InChI is InChI=1S/C20H24Cl2N2O/c1-4-14-8-10-15(11-9-14)19(13(2)3)23-12-18(25)24-20-16(21)6-5-7-17(20)22/h5-11,13,19,23H,4,12H2,1-3H3,(H,24,25)/t19-/m0/s1. The molecular weight excluding hydrogens is 355 g/mol. The van der Waals surface area contributed by atoms with Crippen molar-refractivity contribution < 1.29 is 4.79 Å². The number of benzene rings is 2. The van der Waals surface area contributed by atoms with E-state index in [1.54, 1.807) is 18.2 Å². The first kappa shape index (κ1) is 19.8. The van der Waals surface area contributed by atoms with E-state index in [9.17, 15) is 4.79 Å². The summed E-state index contributed by atoms with van der Waals surface area (Å²) in [5, 5.41) is 6.97. The minimum atomic E-state index is -0.175. The van der Waals surface area contributed by atoms with Crippen LogP contribution in [-0.4, -0.2) is 12.5 Å². The van der Waals surface area contributed by atoms with Crippen LogP contribution in [0.3, 0.4) is 0 Å². The van der Waals surface area contributed by atoms with Crippen molar-refractivity contribution in [1.82, 2.24) is 5.32 Å². The van der Waals surface area contributed by atoms with Gasteiger partial charge in [0.15, 0.2) is 0 Å². The Balaban J connectivity index is 2.01. The molecule has 0 unspecified atom stereocenters. The molecule has 0 fully saturated rings. The van der Waals surface area contributed by atoms with Gasteiger partial charge in [0.25, 0.3) is 0 Å². The number of rotatable bonds is 7. The Morgan fingerprint density at radius 1 is 1.04 bits per heavy atom. The van der Waals surface area contributed by atoms with Crippen molar-refractivity contribution in [2.45, 2.75) is 33.2 Å². The van der Waals surface area contributed by atoms with Crippen LogP contribution in [0.25, 0.3) is 0 Å². The van der Waals surface area contributed by atoms with Gasteiger partial charge in [0, 0.05) is 6.04 Å². The van der Waals surface area contributed by atoms with Gasteiger partial charge in [0.1, 0.15) is 0 Å². The highest BCUT2D eigenvalue weighted by molar-refractivity contribution is 6.39. The van der Waals surface area contributed by atoms with Gasteiger partial charge in [-0.05, 0) is 35.6 Å². The molecule has 2 N–H and O–H groups in total.